The lowest BCUT2D eigenvalue weighted by Crippen LogP contribution is -2.60. The van der Waals surface area contributed by atoms with Crippen LogP contribution in [0, 0.1) is 0 Å². The number of aromatic nitrogens is 3. The van der Waals surface area contributed by atoms with Gasteiger partial charge in [0.25, 0.3) is 0 Å². The van der Waals surface area contributed by atoms with Crippen LogP contribution in [-0.4, -0.2) is 57.3 Å². The topological polar surface area (TPSA) is 72.3 Å². The van der Waals surface area contributed by atoms with Gasteiger partial charge < -0.3 is 15.0 Å². The van der Waals surface area contributed by atoms with E-state index in [1.807, 2.05) is 27.0 Å². The number of rotatable bonds is 4. The van der Waals surface area contributed by atoms with Gasteiger partial charge >= 0.3 is 6.09 Å². The molecule has 7 nitrogen and oxygen atoms in total. The lowest BCUT2D eigenvalue weighted by Gasteiger charge is -2.40. The minimum Gasteiger partial charge on any atom is -0.444 e. The van der Waals surface area contributed by atoms with Gasteiger partial charge in [0, 0.05) is 31.9 Å². The summed E-state index contributed by atoms with van der Waals surface area (Å²) >= 11 is 0. The van der Waals surface area contributed by atoms with Crippen LogP contribution in [0.4, 0.5) is 4.79 Å². The Hall–Kier alpha value is -1.63. The first-order valence-electron chi connectivity index (χ1n) is 6.49. The molecule has 1 fully saturated rings. The van der Waals surface area contributed by atoms with Crippen molar-refractivity contribution in [1.82, 2.24) is 25.2 Å². The Balaban J connectivity index is 1.60. The van der Waals surface area contributed by atoms with Gasteiger partial charge in [0.15, 0.2) is 0 Å². The Labute approximate surface area is 112 Å². The normalized spacial score (nSPS) is 16.3. The van der Waals surface area contributed by atoms with Crippen LogP contribution in [0.3, 0.4) is 0 Å². The number of nitrogens with one attached hydrogen (secondary N) is 1. The molecule has 106 valence electrons. The smallest absolute Gasteiger partial charge is 0.410 e. The van der Waals surface area contributed by atoms with Crippen molar-refractivity contribution in [2.24, 2.45) is 0 Å². The molecule has 0 atom stereocenters. The van der Waals surface area contributed by atoms with E-state index in [9.17, 15) is 4.79 Å². The number of hydrogen-bond donors (Lipinski definition) is 1. The molecule has 1 aliphatic rings. The number of hydrogen-bond acceptors (Lipinski definition) is 5. The minimum absolute atomic E-state index is 0.234. The molecular weight excluding hydrogens is 246 g/mol. The van der Waals surface area contributed by atoms with E-state index < -0.39 is 5.60 Å². The summed E-state index contributed by atoms with van der Waals surface area (Å²) in [4.78, 5) is 13.4. The van der Waals surface area contributed by atoms with Crippen LogP contribution < -0.4 is 5.32 Å². The van der Waals surface area contributed by atoms with Crippen LogP contribution in [0.25, 0.3) is 0 Å². The lowest BCUT2D eigenvalue weighted by molar-refractivity contribution is 0.00529. The molecule has 1 N–H and O–H groups in total. The second kappa shape index (κ2) is 5.56. The first kappa shape index (κ1) is 13.8. The third kappa shape index (κ3) is 4.20. The summed E-state index contributed by atoms with van der Waals surface area (Å²) in [5, 5.41) is 11.0. The lowest BCUT2D eigenvalue weighted by atomic mass is 10.1. The molecule has 1 aromatic heterocycles. The zero-order valence-corrected chi connectivity index (χ0v) is 11.7. The molecule has 1 amide bonds. The molecule has 0 saturated carbocycles. The molecule has 1 aromatic rings. The van der Waals surface area contributed by atoms with Crippen molar-refractivity contribution in [2.45, 2.75) is 39.0 Å². The van der Waals surface area contributed by atoms with Gasteiger partial charge in [-0.1, -0.05) is 5.21 Å². The second-order valence-electron chi connectivity index (χ2n) is 5.70. The Morgan fingerprint density at radius 2 is 2.21 bits per heavy atom. The van der Waals surface area contributed by atoms with E-state index in [1.54, 1.807) is 15.8 Å². The van der Waals surface area contributed by atoms with Crippen molar-refractivity contribution < 1.29 is 9.53 Å². The summed E-state index contributed by atoms with van der Waals surface area (Å²) in [7, 11) is 0. The third-order valence-corrected chi connectivity index (χ3v) is 2.78. The summed E-state index contributed by atoms with van der Waals surface area (Å²) in [5.41, 5.74) is -0.428. The molecule has 2 rings (SSSR count). The predicted molar refractivity (Wildman–Crippen MR) is 69.6 cm³/mol. The summed E-state index contributed by atoms with van der Waals surface area (Å²) < 4.78 is 7.07. The molecule has 1 saturated heterocycles. The fraction of sp³-hybridized carbons (Fsp3) is 0.750. The quantitative estimate of drug-likeness (QED) is 0.859. The van der Waals surface area contributed by atoms with Gasteiger partial charge in [-0.05, 0) is 20.8 Å². The zero-order valence-electron chi connectivity index (χ0n) is 11.7. The highest BCUT2D eigenvalue weighted by atomic mass is 16.6. The first-order valence-corrected chi connectivity index (χ1v) is 6.49. The number of carbonyl (C=O) groups is 1. The van der Waals surface area contributed by atoms with Crippen molar-refractivity contribution in [3.63, 3.8) is 0 Å². The third-order valence-electron chi connectivity index (χ3n) is 2.78. The van der Waals surface area contributed by atoms with Crippen molar-refractivity contribution in [1.29, 1.82) is 0 Å². The molecule has 19 heavy (non-hydrogen) atoms. The van der Waals surface area contributed by atoms with Crippen LogP contribution in [-0.2, 0) is 11.3 Å². The van der Waals surface area contributed by atoms with Crippen LogP contribution in [0.5, 0.6) is 0 Å². The summed E-state index contributed by atoms with van der Waals surface area (Å²) in [5.74, 6) is 0. The maximum absolute atomic E-state index is 11.7. The number of carbonyl (C=O) groups excluding carboxylic acids is 1. The molecule has 0 unspecified atom stereocenters. The van der Waals surface area contributed by atoms with Gasteiger partial charge in [-0.15, -0.1) is 5.10 Å². The monoisotopic (exact) mass is 267 g/mol. The van der Waals surface area contributed by atoms with E-state index in [0.717, 1.165) is 13.1 Å². The van der Waals surface area contributed by atoms with Crippen molar-refractivity contribution in [3.05, 3.63) is 12.4 Å². The summed E-state index contributed by atoms with van der Waals surface area (Å²) in [6, 6.07) is 0.344. The van der Waals surface area contributed by atoms with Gasteiger partial charge in [-0.3, -0.25) is 4.68 Å². The summed E-state index contributed by atoms with van der Waals surface area (Å²) in [6.45, 7) is 8.62. The highest BCUT2D eigenvalue weighted by Crippen LogP contribution is 2.14. The van der Waals surface area contributed by atoms with Crippen LogP contribution in [0.2, 0.25) is 0 Å². The van der Waals surface area contributed by atoms with Gasteiger partial charge in [-0.2, -0.15) is 0 Å². The van der Waals surface area contributed by atoms with Crippen LogP contribution in [0.1, 0.15) is 20.8 Å². The van der Waals surface area contributed by atoms with Gasteiger partial charge in [0.2, 0.25) is 0 Å². The molecule has 0 aromatic carbocycles. The highest BCUT2D eigenvalue weighted by molar-refractivity contribution is 5.69. The number of likely N-dealkylation sites (tertiary alicyclic amines) is 1. The highest BCUT2D eigenvalue weighted by Gasteiger charge is 2.33. The SMILES string of the molecule is CC(C)(C)OC(=O)N1CC(NCCn2ccnn2)C1. The molecular formula is C12H21N5O2. The number of amides is 1. The van der Waals surface area contributed by atoms with E-state index in [-0.39, 0.29) is 6.09 Å². The fourth-order valence-corrected chi connectivity index (χ4v) is 1.82. The maximum atomic E-state index is 11.7. The molecule has 0 aliphatic carbocycles. The predicted octanol–water partition coefficient (Wildman–Crippen LogP) is 0.487. The zero-order chi connectivity index (χ0) is 13.9. The summed E-state index contributed by atoms with van der Waals surface area (Å²) in [6.07, 6.45) is 3.25. The van der Waals surface area contributed by atoms with E-state index in [2.05, 4.69) is 15.6 Å². The van der Waals surface area contributed by atoms with Crippen molar-refractivity contribution in [3.8, 4) is 0 Å². The molecule has 7 heteroatoms. The maximum Gasteiger partial charge on any atom is 0.410 e. The molecule has 1 aliphatic heterocycles. The number of ether oxygens (including phenoxy) is 1. The Kier molecular flexibility index (Phi) is 4.04. The molecule has 2 heterocycles. The Morgan fingerprint density at radius 1 is 1.47 bits per heavy atom. The van der Waals surface area contributed by atoms with E-state index in [0.29, 0.717) is 19.1 Å². The van der Waals surface area contributed by atoms with Crippen molar-refractivity contribution >= 4 is 6.09 Å². The Morgan fingerprint density at radius 3 is 2.79 bits per heavy atom. The number of nitrogens with zero attached hydrogens (tertiary/aromatic N) is 4. The van der Waals surface area contributed by atoms with Crippen LogP contribution in [0.15, 0.2) is 12.4 Å². The molecule has 0 spiro atoms. The average Bonchev–Trinajstić information content (AvgIpc) is 2.71. The standard InChI is InChI=1S/C12H21N5O2/c1-12(2,3)19-11(18)16-8-10(9-16)13-4-6-17-7-5-14-15-17/h5,7,10,13H,4,6,8-9H2,1-3H3. The minimum atomic E-state index is -0.428. The van der Waals surface area contributed by atoms with Crippen LogP contribution >= 0.6 is 0 Å². The molecule has 0 bridgehead atoms. The second-order valence-corrected chi connectivity index (χ2v) is 5.70. The van der Waals surface area contributed by atoms with E-state index >= 15 is 0 Å². The van der Waals surface area contributed by atoms with E-state index in [4.69, 9.17) is 4.74 Å². The average molecular weight is 267 g/mol. The largest absolute Gasteiger partial charge is 0.444 e. The fourth-order valence-electron chi connectivity index (χ4n) is 1.82. The van der Waals surface area contributed by atoms with Gasteiger partial charge in [0.05, 0.1) is 12.7 Å². The Bertz CT molecular complexity index is 406. The van der Waals surface area contributed by atoms with Gasteiger partial charge in [0.1, 0.15) is 5.60 Å². The first-order chi connectivity index (χ1) is 8.94. The molecule has 0 radical (unpaired) electrons. The van der Waals surface area contributed by atoms with Crippen molar-refractivity contribution in [2.75, 3.05) is 19.6 Å². The van der Waals surface area contributed by atoms with Gasteiger partial charge in [-0.25, -0.2) is 4.79 Å². The van der Waals surface area contributed by atoms with E-state index in [1.165, 1.54) is 0 Å².